The van der Waals surface area contributed by atoms with Crippen molar-refractivity contribution in [1.82, 2.24) is 10.6 Å². The highest BCUT2D eigenvalue weighted by atomic mass is 15.0. The lowest BCUT2D eigenvalue weighted by Gasteiger charge is -2.21. The van der Waals surface area contributed by atoms with Crippen LogP contribution < -0.4 is 16.4 Å². The predicted octanol–water partition coefficient (Wildman–Crippen LogP) is -0.0772. The molecule has 76 valence electrons. The molecule has 0 amide bonds. The second-order valence-corrected chi connectivity index (χ2v) is 4.43. The van der Waals surface area contributed by atoms with Crippen LogP contribution in [0.5, 0.6) is 0 Å². The van der Waals surface area contributed by atoms with Gasteiger partial charge in [0.2, 0.25) is 0 Å². The number of nitrogens with two attached hydrogens (primary N) is 1. The van der Waals surface area contributed by atoms with E-state index in [1.807, 2.05) is 0 Å². The molecule has 1 heterocycles. The predicted molar refractivity (Wildman–Crippen MR) is 54.5 cm³/mol. The van der Waals surface area contributed by atoms with Gasteiger partial charge in [-0.15, -0.1) is 0 Å². The largest absolute Gasteiger partial charge is 0.330 e. The normalized spacial score (nSPS) is 30.7. The van der Waals surface area contributed by atoms with Gasteiger partial charge >= 0.3 is 0 Å². The van der Waals surface area contributed by atoms with Gasteiger partial charge < -0.3 is 16.4 Å². The van der Waals surface area contributed by atoms with Crippen molar-refractivity contribution in [3.8, 4) is 0 Å². The molecule has 13 heavy (non-hydrogen) atoms. The summed E-state index contributed by atoms with van der Waals surface area (Å²) in [5, 5.41) is 6.98. The molecular formula is C10H21N3. The third kappa shape index (κ3) is 2.66. The molecule has 2 atom stereocenters. The zero-order chi connectivity index (χ0) is 9.10. The summed E-state index contributed by atoms with van der Waals surface area (Å²) in [7, 11) is 0. The van der Waals surface area contributed by atoms with Gasteiger partial charge in [0.15, 0.2) is 0 Å². The van der Waals surface area contributed by atoms with Crippen molar-refractivity contribution in [2.24, 2.45) is 17.6 Å². The number of hydrogen-bond acceptors (Lipinski definition) is 3. The molecule has 2 aliphatic rings. The zero-order valence-electron chi connectivity index (χ0n) is 8.26. The van der Waals surface area contributed by atoms with Gasteiger partial charge in [0.25, 0.3) is 0 Å². The van der Waals surface area contributed by atoms with Crippen LogP contribution in [-0.2, 0) is 0 Å². The highest BCUT2D eigenvalue weighted by molar-refractivity contribution is 4.85. The van der Waals surface area contributed by atoms with Crippen molar-refractivity contribution < 1.29 is 0 Å². The molecule has 2 rings (SSSR count). The van der Waals surface area contributed by atoms with Gasteiger partial charge in [-0.3, -0.25) is 0 Å². The third-order valence-corrected chi connectivity index (χ3v) is 3.31. The van der Waals surface area contributed by atoms with E-state index >= 15 is 0 Å². The summed E-state index contributed by atoms with van der Waals surface area (Å²) in [6.07, 6.45) is 4.06. The van der Waals surface area contributed by atoms with Crippen LogP contribution >= 0.6 is 0 Å². The molecule has 1 saturated heterocycles. The standard InChI is InChI=1S/C10H21N3/c11-5-9(7-13-10-1-2-10)8-3-4-12-6-8/h8-10,12-13H,1-7,11H2. The summed E-state index contributed by atoms with van der Waals surface area (Å²) < 4.78 is 0. The van der Waals surface area contributed by atoms with Crippen LogP contribution in [0.1, 0.15) is 19.3 Å². The maximum atomic E-state index is 5.79. The fourth-order valence-corrected chi connectivity index (χ4v) is 2.13. The summed E-state index contributed by atoms with van der Waals surface area (Å²) in [5.41, 5.74) is 5.79. The fourth-order valence-electron chi connectivity index (χ4n) is 2.13. The quantitative estimate of drug-likeness (QED) is 0.559. The lowest BCUT2D eigenvalue weighted by Crippen LogP contribution is -2.35. The Morgan fingerprint density at radius 1 is 1.38 bits per heavy atom. The van der Waals surface area contributed by atoms with E-state index in [1.54, 1.807) is 0 Å². The van der Waals surface area contributed by atoms with Gasteiger partial charge in [-0.1, -0.05) is 0 Å². The van der Waals surface area contributed by atoms with E-state index < -0.39 is 0 Å². The Labute approximate surface area is 80.5 Å². The van der Waals surface area contributed by atoms with Crippen LogP contribution in [0.3, 0.4) is 0 Å². The van der Waals surface area contributed by atoms with E-state index in [4.69, 9.17) is 5.73 Å². The second kappa shape index (κ2) is 4.40. The highest BCUT2D eigenvalue weighted by Crippen LogP contribution is 2.21. The molecule has 0 spiro atoms. The van der Waals surface area contributed by atoms with Crippen molar-refractivity contribution in [3.05, 3.63) is 0 Å². The Balaban J connectivity index is 1.70. The topological polar surface area (TPSA) is 50.1 Å². The first-order chi connectivity index (χ1) is 6.40. The van der Waals surface area contributed by atoms with Gasteiger partial charge in [-0.2, -0.15) is 0 Å². The lowest BCUT2D eigenvalue weighted by atomic mass is 9.91. The van der Waals surface area contributed by atoms with Crippen LogP contribution in [-0.4, -0.2) is 32.2 Å². The van der Waals surface area contributed by atoms with Gasteiger partial charge in [-0.05, 0) is 57.3 Å². The molecule has 4 N–H and O–H groups in total. The Kier molecular flexibility index (Phi) is 3.19. The minimum atomic E-state index is 0.690. The zero-order valence-corrected chi connectivity index (χ0v) is 8.26. The second-order valence-electron chi connectivity index (χ2n) is 4.43. The van der Waals surface area contributed by atoms with E-state index in [1.165, 1.54) is 32.4 Å². The van der Waals surface area contributed by atoms with Crippen LogP contribution in [0.2, 0.25) is 0 Å². The van der Waals surface area contributed by atoms with Gasteiger partial charge in [-0.25, -0.2) is 0 Å². The summed E-state index contributed by atoms with van der Waals surface area (Å²) >= 11 is 0. The minimum Gasteiger partial charge on any atom is -0.330 e. The van der Waals surface area contributed by atoms with E-state index in [9.17, 15) is 0 Å². The van der Waals surface area contributed by atoms with Crippen molar-refractivity contribution >= 4 is 0 Å². The fraction of sp³-hybridized carbons (Fsp3) is 1.00. The Morgan fingerprint density at radius 2 is 2.23 bits per heavy atom. The van der Waals surface area contributed by atoms with E-state index in [0.29, 0.717) is 5.92 Å². The highest BCUT2D eigenvalue weighted by Gasteiger charge is 2.26. The molecule has 0 bridgehead atoms. The lowest BCUT2D eigenvalue weighted by molar-refractivity contribution is 0.346. The monoisotopic (exact) mass is 183 g/mol. The van der Waals surface area contributed by atoms with Gasteiger partial charge in [0.05, 0.1) is 0 Å². The molecule has 0 aromatic heterocycles. The van der Waals surface area contributed by atoms with E-state index in [2.05, 4.69) is 10.6 Å². The molecule has 2 unspecified atom stereocenters. The van der Waals surface area contributed by atoms with Crippen LogP contribution in [0.25, 0.3) is 0 Å². The molecule has 0 radical (unpaired) electrons. The molecule has 1 aliphatic carbocycles. The smallest absolute Gasteiger partial charge is 0.00683 e. The summed E-state index contributed by atoms with van der Waals surface area (Å²) in [6, 6.07) is 0.823. The average molecular weight is 183 g/mol. The Bertz CT molecular complexity index is 150. The first-order valence-electron chi connectivity index (χ1n) is 5.54. The van der Waals surface area contributed by atoms with Crippen LogP contribution in [0.15, 0.2) is 0 Å². The van der Waals surface area contributed by atoms with Crippen molar-refractivity contribution in [2.75, 3.05) is 26.2 Å². The Hall–Kier alpha value is -0.120. The van der Waals surface area contributed by atoms with E-state index in [-0.39, 0.29) is 0 Å². The van der Waals surface area contributed by atoms with Crippen molar-refractivity contribution in [3.63, 3.8) is 0 Å². The SMILES string of the molecule is NCC(CNC1CC1)C1CCNC1. The molecule has 1 saturated carbocycles. The maximum Gasteiger partial charge on any atom is 0.00683 e. The molecule has 3 nitrogen and oxygen atoms in total. The number of hydrogen-bond donors (Lipinski definition) is 3. The van der Waals surface area contributed by atoms with Crippen LogP contribution in [0, 0.1) is 11.8 Å². The molecule has 0 aromatic carbocycles. The van der Waals surface area contributed by atoms with Gasteiger partial charge in [0.1, 0.15) is 0 Å². The number of rotatable bonds is 5. The average Bonchev–Trinajstić information content (AvgIpc) is 2.81. The molecular weight excluding hydrogens is 162 g/mol. The van der Waals surface area contributed by atoms with Gasteiger partial charge in [0, 0.05) is 6.04 Å². The van der Waals surface area contributed by atoms with Crippen molar-refractivity contribution in [2.45, 2.75) is 25.3 Å². The summed E-state index contributed by atoms with van der Waals surface area (Å²) in [6.45, 7) is 4.33. The summed E-state index contributed by atoms with van der Waals surface area (Å²) in [4.78, 5) is 0. The third-order valence-electron chi connectivity index (χ3n) is 3.31. The Morgan fingerprint density at radius 3 is 2.77 bits per heavy atom. The molecule has 1 aliphatic heterocycles. The van der Waals surface area contributed by atoms with Crippen molar-refractivity contribution in [1.29, 1.82) is 0 Å². The van der Waals surface area contributed by atoms with Crippen LogP contribution in [0.4, 0.5) is 0 Å². The molecule has 3 heteroatoms. The maximum absolute atomic E-state index is 5.79. The first-order valence-corrected chi connectivity index (χ1v) is 5.54. The summed E-state index contributed by atoms with van der Waals surface area (Å²) in [5.74, 6) is 1.51. The molecule has 2 fully saturated rings. The number of nitrogens with one attached hydrogen (secondary N) is 2. The molecule has 0 aromatic rings. The minimum absolute atomic E-state index is 0.690. The first kappa shape index (κ1) is 9.44. The van der Waals surface area contributed by atoms with E-state index in [0.717, 1.165) is 25.0 Å².